The summed E-state index contributed by atoms with van der Waals surface area (Å²) < 4.78 is 37.8. The Bertz CT molecular complexity index is 663. The lowest BCUT2D eigenvalue weighted by Crippen LogP contribution is -2.06. The van der Waals surface area contributed by atoms with Gasteiger partial charge in [-0.25, -0.2) is 0 Å². The Balaban J connectivity index is 2.57. The molecule has 0 aliphatic rings. The maximum Gasteiger partial charge on any atom is 0.417 e. The molecule has 106 valence electrons. The smallest absolute Gasteiger partial charge is 0.254 e. The molecule has 1 aromatic carbocycles. The van der Waals surface area contributed by atoms with Crippen molar-refractivity contribution < 1.29 is 13.2 Å². The van der Waals surface area contributed by atoms with Gasteiger partial charge < -0.3 is 0 Å². The van der Waals surface area contributed by atoms with Crippen LogP contribution in [0, 0.1) is 20.8 Å². The number of rotatable bonds is 1. The lowest BCUT2D eigenvalue weighted by atomic mass is 9.98. The molecule has 0 saturated carbocycles. The molecular formula is C15H13ClF3N. The van der Waals surface area contributed by atoms with Crippen LogP contribution in [0.15, 0.2) is 24.4 Å². The van der Waals surface area contributed by atoms with Crippen LogP contribution in [0.4, 0.5) is 13.2 Å². The minimum absolute atomic E-state index is 0.00572. The van der Waals surface area contributed by atoms with E-state index >= 15 is 0 Å². The van der Waals surface area contributed by atoms with Crippen molar-refractivity contribution in [2.24, 2.45) is 0 Å². The van der Waals surface area contributed by atoms with Crippen molar-refractivity contribution >= 4 is 11.6 Å². The summed E-state index contributed by atoms with van der Waals surface area (Å²) in [5, 5.41) is 0.00572. The van der Waals surface area contributed by atoms with E-state index in [1.807, 2.05) is 32.9 Å². The zero-order valence-electron chi connectivity index (χ0n) is 11.3. The topological polar surface area (TPSA) is 12.9 Å². The summed E-state index contributed by atoms with van der Waals surface area (Å²) in [4.78, 5) is 3.89. The number of nitrogens with zero attached hydrogens (tertiary/aromatic N) is 1. The first-order chi connectivity index (χ1) is 9.20. The highest BCUT2D eigenvalue weighted by Crippen LogP contribution is 2.35. The molecule has 0 saturated heterocycles. The van der Waals surface area contributed by atoms with Crippen molar-refractivity contribution in [3.63, 3.8) is 0 Å². The fraction of sp³-hybridized carbons (Fsp3) is 0.267. The van der Waals surface area contributed by atoms with Gasteiger partial charge in [0.15, 0.2) is 0 Å². The van der Waals surface area contributed by atoms with Gasteiger partial charge in [0, 0.05) is 11.8 Å². The lowest BCUT2D eigenvalue weighted by Gasteiger charge is -2.12. The van der Waals surface area contributed by atoms with E-state index in [1.54, 1.807) is 0 Å². The fourth-order valence-electron chi connectivity index (χ4n) is 2.01. The first kappa shape index (κ1) is 14.9. The van der Waals surface area contributed by atoms with Crippen molar-refractivity contribution in [1.82, 2.24) is 4.98 Å². The van der Waals surface area contributed by atoms with Crippen LogP contribution in [0.3, 0.4) is 0 Å². The third-order valence-corrected chi connectivity index (χ3v) is 3.55. The minimum Gasteiger partial charge on any atom is -0.254 e. The molecular weight excluding hydrogens is 287 g/mol. The zero-order valence-corrected chi connectivity index (χ0v) is 12.0. The van der Waals surface area contributed by atoms with Crippen LogP contribution in [0.2, 0.25) is 5.02 Å². The first-order valence-electron chi connectivity index (χ1n) is 6.01. The summed E-state index contributed by atoms with van der Waals surface area (Å²) in [6, 6.07) is 4.78. The van der Waals surface area contributed by atoms with Gasteiger partial charge in [-0.3, -0.25) is 4.98 Å². The Morgan fingerprint density at radius 2 is 1.55 bits per heavy atom. The van der Waals surface area contributed by atoms with E-state index in [2.05, 4.69) is 4.98 Å². The van der Waals surface area contributed by atoms with Crippen LogP contribution >= 0.6 is 11.6 Å². The molecule has 2 rings (SSSR count). The normalized spacial score (nSPS) is 11.8. The van der Waals surface area contributed by atoms with Gasteiger partial charge in [-0.05, 0) is 49.6 Å². The van der Waals surface area contributed by atoms with Crippen molar-refractivity contribution in [2.45, 2.75) is 26.9 Å². The standard InChI is InChI=1S/C15H13ClF3N/c1-8-4-10(3)12(5-9(8)2)14-13(16)6-11(7-20-14)15(17,18)19/h4-7H,1-3H3. The molecule has 0 unspecified atom stereocenters. The van der Waals surface area contributed by atoms with Crippen LogP contribution in [-0.4, -0.2) is 4.98 Å². The predicted octanol–water partition coefficient (Wildman–Crippen LogP) is 5.35. The SMILES string of the molecule is Cc1cc(C)c(-c2ncc(C(F)(F)F)cc2Cl)cc1C. The van der Waals surface area contributed by atoms with Crippen molar-refractivity contribution in [3.8, 4) is 11.3 Å². The second-order valence-corrected chi connectivity index (χ2v) is 5.21. The van der Waals surface area contributed by atoms with Crippen LogP contribution in [0.25, 0.3) is 11.3 Å². The molecule has 1 heterocycles. The van der Waals surface area contributed by atoms with E-state index in [0.29, 0.717) is 5.69 Å². The molecule has 0 radical (unpaired) electrons. The molecule has 2 aromatic rings. The monoisotopic (exact) mass is 299 g/mol. The van der Waals surface area contributed by atoms with Gasteiger partial charge in [0.05, 0.1) is 16.3 Å². The van der Waals surface area contributed by atoms with Gasteiger partial charge in [0.25, 0.3) is 0 Å². The molecule has 0 spiro atoms. The van der Waals surface area contributed by atoms with Gasteiger partial charge in [-0.1, -0.05) is 17.7 Å². The number of aryl methyl sites for hydroxylation is 3. The Hall–Kier alpha value is -1.55. The summed E-state index contributed by atoms with van der Waals surface area (Å²) in [5.41, 5.74) is 3.39. The first-order valence-corrected chi connectivity index (χ1v) is 6.39. The number of hydrogen-bond donors (Lipinski definition) is 0. The Morgan fingerprint density at radius 1 is 0.950 bits per heavy atom. The molecule has 0 atom stereocenters. The van der Waals surface area contributed by atoms with E-state index in [1.165, 1.54) is 0 Å². The molecule has 0 aliphatic carbocycles. The molecule has 0 aliphatic heterocycles. The Labute approximate surface area is 120 Å². The van der Waals surface area contributed by atoms with Gasteiger partial charge >= 0.3 is 6.18 Å². The van der Waals surface area contributed by atoms with Crippen LogP contribution in [0.5, 0.6) is 0 Å². The van der Waals surface area contributed by atoms with Gasteiger partial charge in [0.2, 0.25) is 0 Å². The number of aromatic nitrogens is 1. The molecule has 0 N–H and O–H groups in total. The van der Waals surface area contributed by atoms with Crippen LogP contribution in [-0.2, 0) is 6.18 Å². The molecule has 20 heavy (non-hydrogen) atoms. The molecule has 0 amide bonds. The highest BCUT2D eigenvalue weighted by atomic mass is 35.5. The summed E-state index contributed by atoms with van der Waals surface area (Å²) in [7, 11) is 0. The molecule has 0 fully saturated rings. The number of benzene rings is 1. The largest absolute Gasteiger partial charge is 0.417 e. The zero-order chi connectivity index (χ0) is 15.1. The number of pyridine rings is 1. The molecule has 0 bridgehead atoms. The summed E-state index contributed by atoms with van der Waals surface area (Å²) >= 11 is 5.97. The van der Waals surface area contributed by atoms with Crippen molar-refractivity contribution in [1.29, 1.82) is 0 Å². The Kier molecular flexibility index (Phi) is 3.78. The molecule has 5 heteroatoms. The highest BCUT2D eigenvalue weighted by molar-refractivity contribution is 6.33. The van der Waals surface area contributed by atoms with Gasteiger partial charge in [0.1, 0.15) is 0 Å². The Morgan fingerprint density at radius 3 is 2.10 bits per heavy atom. The predicted molar refractivity (Wildman–Crippen MR) is 73.9 cm³/mol. The van der Waals surface area contributed by atoms with E-state index < -0.39 is 11.7 Å². The summed E-state index contributed by atoms with van der Waals surface area (Å²) in [5.74, 6) is 0. The third-order valence-electron chi connectivity index (χ3n) is 3.26. The van der Waals surface area contributed by atoms with E-state index in [9.17, 15) is 13.2 Å². The fourth-order valence-corrected chi connectivity index (χ4v) is 2.27. The number of alkyl halides is 3. The highest BCUT2D eigenvalue weighted by Gasteiger charge is 2.31. The summed E-state index contributed by atoms with van der Waals surface area (Å²) in [6.45, 7) is 5.81. The maximum absolute atomic E-state index is 12.6. The second kappa shape index (κ2) is 5.09. The minimum atomic E-state index is -4.44. The van der Waals surface area contributed by atoms with Crippen LogP contribution < -0.4 is 0 Å². The maximum atomic E-state index is 12.6. The lowest BCUT2D eigenvalue weighted by molar-refractivity contribution is -0.137. The number of hydrogen-bond acceptors (Lipinski definition) is 1. The van der Waals surface area contributed by atoms with E-state index in [0.717, 1.165) is 34.5 Å². The van der Waals surface area contributed by atoms with Gasteiger partial charge in [-0.15, -0.1) is 0 Å². The average Bonchev–Trinajstić information content (AvgIpc) is 2.33. The molecule has 1 nitrogen and oxygen atoms in total. The summed E-state index contributed by atoms with van der Waals surface area (Å²) in [6.07, 6.45) is -3.62. The third kappa shape index (κ3) is 2.80. The quantitative estimate of drug-likeness (QED) is 0.692. The van der Waals surface area contributed by atoms with Crippen molar-refractivity contribution in [3.05, 3.63) is 51.7 Å². The van der Waals surface area contributed by atoms with Gasteiger partial charge in [-0.2, -0.15) is 13.2 Å². The van der Waals surface area contributed by atoms with E-state index in [4.69, 9.17) is 11.6 Å². The molecule has 1 aromatic heterocycles. The second-order valence-electron chi connectivity index (χ2n) is 4.80. The van der Waals surface area contributed by atoms with E-state index in [-0.39, 0.29) is 5.02 Å². The van der Waals surface area contributed by atoms with Crippen molar-refractivity contribution in [2.75, 3.05) is 0 Å². The average molecular weight is 300 g/mol. The van der Waals surface area contributed by atoms with Crippen LogP contribution in [0.1, 0.15) is 22.3 Å². The number of halogens is 4.